The molecule has 1 aliphatic rings. The van der Waals surface area contributed by atoms with Crippen molar-refractivity contribution in [3.8, 4) is 5.75 Å². The van der Waals surface area contributed by atoms with Gasteiger partial charge in [-0.3, -0.25) is 0 Å². The third-order valence-corrected chi connectivity index (χ3v) is 2.77. The van der Waals surface area contributed by atoms with E-state index in [1.807, 2.05) is 32.9 Å². The highest BCUT2D eigenvalue weighted by atomic mass is 16.6. The van der Waals surface area contributed by atoms with Gasteiger partial charge in [0, 0.05) is 18.8 Å². The van der Waals surface area contributed by atoms with Gasteiger partial charge in [0.25, 0.3) is 0 Å². The zero-order valence-electron chi connectivity index (χ0n) is 11.5. The van der Waals surface area contributed by atoms with Crippen molar-refractivity contribution < 1.29 is 14.6 Å². The highest BCUT2D eigenvalue weighted by Crippen LogP contribution is 2.20. The smallest absolute Gasteiger partial charge is 0.410 e. The second-order valence-electron chi connectivity index (χ2n) is 5.77. The molecule has 5 heteroatoms. The molecule has 5 nitrogen and oxygen atoms in total. The summed E-state index contributed by atoms with van der Waals surface area (Å²) >= 11 is 0. The number of likely N-dealkylation sites (tertiary alicyclic amines) is 1. The van der Waals surface area contributed by atoms with Crippen LogP contribution in [0.3, 0.4) is 0 Å². The fourth-order valence-electron chi connectivity index (χ4n) is 1.84. The maximum Gasteiger partial charge on any atom is 0.410 e. The predicted octanol–water partition coefficient (Wildman–Crippen LogP) is 2.42. The number of anilines is 1. The molecule has 2 N–H and O–H groups in total. The average Bonchev–Trinajstić information content (AvgIpc) is 2.22. The molecule has 1 amide bonds. The Morgan fingerprint density at radius 3 is 2.42 bits per heavy atom. The molecule has 0 spiro atoms. The lowest BCUT2D eigenvalue weighted by Gasteiger charge is -2.40. The molecule has 19 heavy (non-hydrogen) atoms. The Kier molecular flexibility index (Phi) is 3.55. The van der Waals surface area contributed by atoms with Crippen LogP contribution < -0.4 is 5.32 Å². The summed E-state index contributed by atoms with van der Waals surface area (Å²) in [7, 11) is 0. The number of carbonyl (C=O) groups is 1. The number of nitrogens with zero attached hydrogens (tertiary/aromatic N) is 1. The lowest BCUT2D eigenvalue weighted by atomic mass is 10.1. The van der Waals surface area contributed by atoms with E-state index in [9.17, 15) is 9.90 Å². The van der Waals surface area contributed by atoms with Crippen LogP contribution in [0.5, 0.6) is 5.75 Å². The van der Waals surface area contributed by atoms with Crippen LogP contribution in [0.2, 0.25) is 0 Å². The molecule has 0 bridgehead atoms. The van der Waals surface area contributed by atoms with Gasteiger partial charge in [-0.1, -0.05) is 0 Å². The number of benzene rings is 1. The molecule has 1 saturated heterocycles. The summed E-state index contributed by atoms with van der Waals surface area (Å²) < 4.78 is 5.28. The van der Waals surface area contributed by atoms with Gasteiger partial charge in [-0.15, -0.1) is 0 Å². The van der Waals surface area contributed by atoms with E-state index in [1.54, 1.807) is 17.0 Å². The first-order valence-corrected chi connectivity index (χ1v) is 6.37. The summed E-state index contributed by atoms with van der Waals surface area (Å²) in [5.41, 5.74) is 0.485. The van der Waals surface area contributed by atoms with E-state index in [1.165, 1.54) is 0 Å². The zero-order chi connectivity index (χ0) is 14.0. The van der Waals surface area contributed by atoms with Crippen molar-refractivity contribution in [3.05, 3.63) is 24.3 Å². The van der Waals surface area contributed by atoms with E-state index in [-0.39, 0.29) is 17.9 Å². The lowest BCUT2D eigenvalue weighted by Crippen LogP contribution is -2.57. The van der Waals surface area contributed by atoms with E-state index in [0.29, 0.717) is 13.1 Å². The van der Waals surface area contributed by atoms with Gasteiger partial charge in [0.15, 0.2) is 0 Å². The van der Waals surface area contributed by atoms with Gasteiger partial charge in [-0.05, 0) is 45.0 Å². The third-order valence-electron chi connectivity index (χ3n) is 2.77. The van der Waals surface area contributed by atoms with Crippen LogP contribution in [-0.4, -0.2) is 40.8 Å². The molecule has 1 aliphatic heterocycles. The number of phenols is 1. The minimum Gasteiger partial charge on any atom is -0.508 e. The first kappa shape index (κ1) is 13.5. The van der Waals surface area contributed by atoms with Crippen LogP contribution in [-0.2, 0) is 4.74 Å². The lowest BCUT2D eigenvalue weighted by molar-refractivity contribution is 0.0105. The molecule has 0 unspecified atom stereocenters. The molecule has 104 valence electrons. The van der Waals surface area contributed by atoms with Crippen LogP contribution in [0.4, 0.5) is 10.5 Å². The number of phenolic OH excluding ortho intramolecular Hbond substituents is 1. The topological polar surface area (TPSA) is 61.8 Å². The number of hydrogen-bond acceptors (Lipinski definition) is 4. The summed E-state index contributed by atoms with van der Waals surface area (Å²) in [6.45, 7) is 6.84. The van der Waals surface area contributed by atoms with E-state index in [4.69, 9.17) is 4.74 Å². The van der Waals surface area contributed by atoms with E-state index in [0.717, 1.165) is 5.69 Å². The van der Waals surface area contributed by atoms with Crippen LogP contribution in [0.25, 0.3) is 0 Å². The summed E-state index contributed by atoms with van der Waals surface area (Å²) in [4.78, 5) is 13.4. The normalized spacial score (nSPS) is 15.8. The molecule has 1 aromatic rings. The predicted molar refractivity (Wildman–Crippen MR) is 73.3 cm³/mol. The number of aromatic hydroxyl groups is 1. The Morgan fingerprint density at radius 1 is 1.32 bits per heavy atom. The number of hydrogen-bond donors (Lipinski definition) is 2. The first-order chi connectivity index (χ1) is 8.83. The van der Waals surface area contributed by atoms with E-state index in [2.05, 4.69) is 5.32 Å². The largest absolute Gasteiger partial charge is 0.508 e. The van der Waals surface area contributed by atoms with Gasteiger partial charge in [0.05, 0.1) is 6.04 Å². The van der Waals surface area contributed by atoms with Crippen molar-refractivity contribution in [2.24, 2.45) is 0 Å². The van der Waals surface area contributed by atoms with Gasteiger partial charge < -0.3 is 20.1 Å². The quantitative estimate of drug-likeness (QED) is 0.805. The number of ether oxygens (including phenoxy) is 1. The van der Waals surface area contributed by atoms with Crippen molar-refractivity contribution in [1.82, 2.24) is 4.90 Å². The fraction of sp³-hybridized carbons (Fsp3) is 0.500. The zero-order valence-corrected chi connectivity index (χ0v) is 11.5. The van der Waals surface area contributed by atoms with Crippen LogP contribution in [0.15, 0.2) is 24.3 Å². The summed E-state index contributed by atoms with van der Waals surface area (Å²) in [5.74, 6) is 0.245. The minimum absolute atomic E-state index is 0.233. The van der Waals surface area contributed by atoms with Gasteiger partial charge >= 0.3 is 6.09 Å². The number of carbonyl (C=O) groups excluding carboxylic acids is 1. The summed E-state index contributed by atoms with van der Waals surface area (Å²) in [5, 5.41) is 12.5. The van der Waals surface area contributed by atoms with Crippen LogP contribution in [0.1, 0.15) is 20.8 Å². The molecule has 2 rings (SSSR count). The molecular weight excluding hydrogens is 244 g/mol. The Bertz CT molecular complexity index is 445. The highest BCUT2D eigenvalue weighted by molar-refractivity contribution is 5.69. The molecule has 0 aromatic heterocycles. The van der Waals surface area contributed by atoms with Crippen molar-refractivity contribution >= 4 is 11.8 Å². The highest BCUT2D eigenvalue weighted by Gasteiger charge is 2.33. The number of nitrogens with one attached hydrogen (secondary N) is 1. The Labute approximate surface area is 113 Å². The maximum atomic E-state index is 11.7. The first-order valence-electron chi connectivity index (χ1n) is 6.37. The standard InChI is InChI=1S/C14H20N2O3/c1-14(2,3)19-13(18)16-8-11(9-16)15-10-4-6-12(17)7-5-10/h4-7,11,15,17H,8-9H2,1-3H3. The van der Waals surface area contributed by atoms with Crippen molar-refractivity contribution in [3.63, 3.8) is 0 Å². The van der Waals surface area contributed by atoms with Crippen molar-refractivity contribution in [1.29, 1.82) is 0 Å². The molecule has 1 fully saturated rings. The second kappa shape index (κ2) is 4.99. The summed E-state index contributed by atoms with van der Waals surface area (Å²) in [6.07, 6.45) is -0.267. The third kappa shape index (κ3) is 3.77. The maximum absolute atomic E-state index is 11.7. The van der Waals surface area contributed by atoms with Crippen LogP contribution >= 0.6 is 0 Å². The van der Waals surface area contributed by atoms with Gasteiger partial charge in [0.2, 0.25) is 0 Å². The van der Waals surface area contributed by atoms with E-state index < -0.39 is 5.60 Å². The molecule has 1 aromatic carbocycles. The van der Waals surface area contributed by atoms with E-state index >= 15 is 0 Å². The number of amides is 1. The monoisotopic (exact) mass is 264 g/mol. The molecule has 1 heterocycles. The Morgan fingerprint density at radius 2 is 1.89 bits per heavy atom. The summed E-state index contributed by atoms with van der Waals surface area (Å²) in [6, 6.07) is 7.12. The van der Waals surface area contributed by atoms with Crippen molar-refractivity contribution in [2.45, 2.75) is 32.4 Å². The van der Waals surface area contributed by atoms with Gasteiger partial charge in [-0.25, -0.2) is 4.79 Å². The average molecular weight is 264 g/mol. The molecule has 0 atom stereocenters. The van der Waals surface area contributed by atoms with Gasteiger partial charge in [-0.2, -0.15) is 0 Å². The van der Waals surface area contributed by atoms with Gasteiger partial charge in [0.1, 0.15) is 11.4 Å². The van der Waals surface area contributed by atoms with Crippen molar-refractivity contribution in [2.75, 3.05) is 18.4 Å². The Balaban J connectivity index is 1.77. The van der Waals surface area contributed by atoms with Crippen LogP contribution in [0, 0.1) is 0 Å². The fourth-order valence-corrected chi connectivity index (χ4v) is 1.84. The molecule has 0 radical (unpaired) electrons. The molecule has 0 saturated carbocycles. The second-order valence-corrected chi connectivity index (χ2v) is 5.77. The molecule has 0 aliphatic carbocycles. The minimum atomic E-state index is -0.452. The molecular formula is C14H20N2O3. The number of rotatable bonds is 2. The SMILES string of the molecule is CC(C)(C)OC(=O)N1CC(Nc2ccc(O)cc2)C1. The Hall–Kier alpha value is -1.91.